The number of rotatable bonds is 4. The minimum Gasteiger partial charge on any atom is -0.346 e. The summed E-state index contributed by atoms with van der Waals surface area (Å²) in [5.74, 6) is 0.373. The third-order valence-electron chi connectivity index (χ3n) is 4.38. The third-order valence-corrected chi connectivity index (χ3v) is 4.38. The van der Waals surface area contributed by atoms with Crippen LogP contribution in [0.4, 0.5) is 0 Å². The summed E-state index contributed by atoms with van der Waals surface area (Å²) in [6.45, 7) is 2.32. The van der Waals surface area contributed by atoms with Crippen molar-refractivity contribution in [3.05, 3.63) is 53.1 Å². The summed E-state index contributed by atoms with van der Waals surface area (Å²) in [6, 6.07) is 7.60. The molecular weight excluding hydrogens is 302 g/mol. The van der Waals surface area contributed by atoms with Crippen molar-refractivity contribution in [3.63, 3.8) is 0 Å². The summed E-state index contributed by atoms with van der Waals surface area (Å²) in [7, 11) is 1.87. The number of aromatic nitrogens is 4. The third kappa shape index (κ3) is 2.64. The van der Waals surface area contributed by atoms with Crippen molar-refractivity contribution in [1.29, 1.82) is 0 Å². The number of nitrogens with one attached hydrogen (secondary N) is 1. The van der Waals surface area contributed by atoms with Gasteiger partial charge in [0.25, 0.3) is 5.91 Å². The molecule has 0 radical (unpaired) electrons. The van der Waals surface area contributed by atoms with Gasteiger partial charge in [-0.1, -0.05) is 6.07 Å². The number of aryl methyl sites for hydroxylation is 2. The van der Waals surface area contributed by atoms with Gasteiger partial charge < -0.3 is 5.32 Å². The molecule has 1 N–H and O–H groups in total. The molecule has 0 saturated heterocycles. The number of fused-ring (bicyclic) bond motifs is 1. The Hall–Kier alpha value is -2.76. The molecule has 6 nitrogen and oxygen atoms in total. The number of hydrogen-bond donors (Lipinski definition) is 1. The number of carbonyl (C=O) groups is 1. The lowest BCUT2D eigenvalue weighted by Gasteiger charge is -2.08. The largest absolute Gasteiger partial charge is 0.346 e. The van der Waals surface area contributed by atoms with Crippen LogP contribution in [-0.4, -0.2) is 25.7 Å². The summed E-state index contributed by atoms with van der Waals surface area (Å²) in [5.41, 5.74) is 4.09. The Balaban J connectivity index is 1.70. The van der Waals surface area contributed by atoms with E-state index >= 15 is 0 Å². The molecule has 6 heteroatoms. The molecule has 4 rings (SSSR count). The SMILES string of the molecule is Cc1nn(C)c2nc(C3CC3)cc(C(=O)NCc3ccccn3)c12. The Morgan fingerprint density at radius 1 is 1.38 bits per heavy atom. The zero-order chi connectivity index (χ0) is 16.7. The lowest BCUT2D eigenvalue weighted by Crippen LogP contribution is -2.24. The van der Waals surface area contributed by atoms with E-state index in [1.165, 1.54) is 0 Å². The van der Waals surface area contributed by atoms with Crippen LogP contribution in [0.2, 0.25) is 0 Å². The second kappa shape index (κ2) is 5.70. The van der Waals surface area contributed by atoms with E-state index < -0.39 is 0 Å². The molecule has 1 fully saturated rings. The molecule has 0 unspecified atom stereocenters. The summed E-state index contributed by atoms with van der Waals surface area (Å²) >= 11 is 0. The maximum absolute atomic E-state index is 12.8. The number of hydrogen-bond acceptors (Lipinski definition) is 4. The van der Waals surface area contributed by atoms with Crippen molar-refractivity contribution in [2.24, 2.45) is 7.05 Å². The zero-order valence-corrected chi connectivity index (χ0v) is 13.8. The highest BCUT2D eigenvalue weighted by molar-refractivity contribution is 6.06. The fourth-order valence-corrected chi connectivity index (χ4v) is 3.00. The van der Waals surface area contributed by atoms with Gasteiger partial charge in [-0.25, -0.2) is 4.98 Å². The van der Waals surface area contributed by atoms with Crippen LogP contribution in [0.1, 0.15) is 46.2 Å². The highest BCUT2D eigenvalue weighted by Gasteiger charge is 2.28. The minimum atomic E-state index is -0.106. The van der Waals surface area contributed by atoms with E-state index in [4.69, 9.17) is 4.98 Å². The van der Waals surface area contributed by atoms with Gasteiger partial charge >= 0.3 is 0 Å². The molecule has 1 aliphatic carbocycles. The molecule has 1 saturated carbocycles. The molecule has 3 heterocycles. The molecule has 0 spiro atoms. The fourth-order valence-electron chi connectivity index (χ4n) is 3.00. The van der Waals surface area contributed by atoms with Gasteiger partial charge in [0.2, 0.25) is 0 Å². The van der Waals surface area contributed by atoms with Crippen molar-refractivity contribution in [3.8, 4) is 0 Å². The molecule has 1 amide bonds. The van der Waals surface area contributed by atoms with Crippen molar-refractivity contribution in [2.45, 2.75) is 32.2 Å². The Morgan fingerprint density at radius 2 is 2.21 bits per heavy atom. The van der Waals surface area contributed by atoms with E-state index in [0.717, 1.165) is 41.0 Å². The van der Waals surface area contributed by atoms with Crippen LogP contribution in [0.15, 0.2) is 30.5 Å². The van der Waals surface area contributed by atoms with E-state index in [-0.39, 0.29) is 5.91 Å². The van der Waals surface area contributed by atoms with Gasteiger partial charge in [0, 0.05) is 24.9 Å². The maximum Gasteiger partial charge on any atom is 0.252 e. The predicted molar refractivity (Wildman–Crippen MR) is 90.6 cm³/mol. The van der Waals surface area contributed by atoms with Crippen molar-refractivity contribution in [1.82, 2.24) is 25.1 Å². The van der Waals surface area contributed by atoms with Crippen LogP contribution in [-0.2, 0) is 13.6 Å². The van der Waals surface area contributed by atoms with Crippen LogP contribution < -0.4 is 5.32 Å². The van der Waals surface area contributed by atoms with Crippen LogP contribution in [0, 0.1) is 6.92 Å². The maximum atomic E-state index is 12.8. The first-order chi connectivity index (χ1) is 11.6. The van der Waals surface area contributed by atoms with Crippen LogP contribution in [0.25, 0.3) is 11.0 Å². The van der Waals surface area contributed by atoms with Crippen LogP contribution >= 0.6 is 0 Å². The first kappa shape index (κ1) is 14.8. The Labute approximate surface area is 139 Å². The summed E-state index contributed by atoms with van der Waals surface area (Å²) < 4.78 is 1.76. The molecule has 3 aromatic heterocycles. The minimum absolute atomic E-state index is 0.106. The molecule has 0 atom stereocenters. The van der Waals surface area contributed by atoms with Gasteiger partial charge in [-0.3, -0.25) is 14.5 Å². The van der Waals surface area contributed by atoms with Crippen LogP contribution in [0.5, 0.6) is 0 Å². The smallest absolute Gasteiger partial charge is 0.252 e. The topological polar surface area (TPSA) is 72.7 Å². The van der Waals surface area contributed by atoms with Gasteiger partial charge in [-0.2, -0.15) is 5.10 Å². The van der Waals surface area contributed by atoms with E-state index in [1.54, 1.807) is 10.9 Å². The summed E-state index contributed by atoms with van der Waals surface area (Å²) in [5, 5.41) is 8.23. The van der Waals surface area contributed by atoms with Gasteiger partial charge in [0.1, 0.15) is 0 Å². The molecule has 3 aromatic rings. The number of carbonyl (C=O) groups excluding carboxylic acids is 1. The summed E-state index contributed by atoms with van der Waals surface area (Å²) in [6.07, 6.45) is 4.01. The predicted octanol–water partition coefficient (Wildman–Crippen LogP) is 2.48. The average molecular weight is 321 g/mol. The lowest BCUT2D eigenvalue weighted by molar-refractivity contribution is 0.0952. The Kier molecular flexibility index (Phi) is 3.52. The van der Waals surface area contributed by atoms with E-state index in [2.05, 4.69) is 15.4 Å². The normalized spacial score (nSPS) is 14.1. The van der Waals surface area contributed by atoms with Crippen molar-refractivity contribution in [2.75, 3.05) is 0 Å². The van der Waals surface area contributed by atoms with Crippen molar-refractivity contribution >= 4 is 16.9 Å². The number of pyridine rings is 2. The monoisotopic (exact) mass is 321 g/mol. The highest BCUT2D eigenvalue weighted by atomic mass is 16.1. The highest BCUT2D eigenvalue weighted by Crippen LogP contribution is 2.40. The molecule has 0 aliphatic heterocycles. The number of amides is 1. The van der Waals surface area contributed by atoms with E-state index in [1.807, 2.05) is 38.2 Å². The molecule has 0 aromatic carbocycles. The van der Waals surface area contributed by atoms with Gasteiger partial charge in [-0.05, 0) is 38.0 Å². The van der Waals surface area contributed by atoms with Gasteiger partial charge in [0.05, 0.1) is 28.9 Å². The molecule has 0 bridgehead atoms. The van der Waals surface area contributed by atoms with Gasteiger partial charge in [0.15, 0.2) is 5.65 Å². The zero-order valence-electron chi connectivity index (χ0n) is 13.8. The Morgan fingerprint density at radius 3 is 2.92 bits per heavy atom. The van der Waals surface area contributed by atoms with E-state index in [9.17, 15) is 4.79 Å². The molecule has 1 aliphatic rings. The fraction of sp³-hybridized carbons (Fsp3) is 0.333. The molecular formula is C18H19N5O. The quantitative estimate of drug-likeness (QED) is 0.801. The summed E-state index contributed by atoms with van der Waals surface area (Å²) in [4.78, 5) is 21.8. The van der Waals surface area contributed by atoms with Crippen LogP contribution in [0.3, 0.4) is 0 Å². The average Bonchev–Trinajstić information content (AvgIpc) is 3.40. The van der Waals surface area contributed by atoms with E-state index in [0.29, 0.717) is 18.0 Å². The second-order valence-electron chi connectivity index (χ2n) is 6.28. The van der Waals surface area contributed by atoms with Crippen molar-refractivity contribution < 1.29 is 4.79 Å². The first-order valence-corrected chi connectivity index (χ1v) is 8.16. The van der Waals surface area contributed by atoms with Gasteiger partial charge in [-0.15, -0.1) is 0 Å². The molecule has 122 valence electrons. The lowest BCUT2D eigenvalue weighted by atomic mass is 10.1. The number of nitrogens with zero attached hydrogens (tertiary/aromatic N) is 4. The molecule has 24 heavy (non-hydrogen) atoms. The Bertz CT molecular complexity index is 912. The standard InChI is InChI=1S/C18H19N5O/c1-11-16-14(18(24)20-10-13-5-3-4-8-19-13)9-15(12-6-7-12)21-17(16)23(2)22-11/h3-5,8-9,12H,6-7,10H2,1-2H3,(H,20,24). The first-order valence-electron chi connectivity index (χ1n) is 8.16. The second-order valence-corrected chi connectivity index (χ2v) is 6.28.